The molecule has 15 heavy (non-hydrogen) atoms. The minimum Gasteiger partial charge on any atom is -0.379 e. The van der Waals surface area contributed by atoms with E-state index in [1.807, 2.05) is 0 Å². The Morgan fingerprint density at radius 3 is 2.67 bits per heavy atom. The van der Waals surface area contributed by atoms with Crippen LogP contribution >= 0.6 is 12.6 Å². The van der Waals surface area contributed by atoms with E-state index in [1.165, 1.54) is 13.0 Å². The van der Waals surface area contributed by atoms with Crippen LogP contribution in [0, 0.1) is 11.8 Å². The summed E-state index contributed by atoms with van der Waals surface area (Å²) in [5.41, 5.74) is 0. The lowest BCUT2D eigenvalue weighted by atomic mass is 9.86. The molecule has 1 fully saturated rings. The molecule has 0 saturated carbocycles. The van der Waals surface area contributed by atoms with Crippen molar-refractivity contribution in [3.8, 4) is 0 Å². The summed E-state index contributed by atoms with van der Waals surface area (Å²) in [6.07, 6.45) is 1.37. The number of hydrogen-bond acceptors (Lipinski definition) is 3. The number of thiol groups is 1. The van der Waals surface area contributed by atoms with Crippen molar-refractivity contribution in [1.82, 2.24) is 4.90 Å². The number of likely N-dealkylation sites (tertiary alicyclic amines) is 1. The Bertz CT molecular complexity index is 177. The fourth-order valence-electron chi connectivity index (χ4n) is 2.48. The smallest absolute Gasteiger partial charge is 0.0593 e. The second-order valence-electron chi connectivity index (χ2n) is 4.89. The van der Waals surface area contributed by atoms with E-state index >= 15 is 0 Å². The molecule has 0 aromatic heterocycles. The third-order valence-corrected chi connectivity index (χ3v) is 3.66. The second-order valence-corrected chi connectivity index (χ2v) is 5.34. The van der Waals surface area contributed by atoms with Crippen molar-refractivity contribution in [3.05, 3.63) is 0 Å². The van der Waals surface area contributed by atoms with Crippen molar-refractivity contribution in [2.24, 2.45) is 11.8 Å². The molecular weight excluding hydrogens is 206 g/mol. The van der Waals surface area contributed by atoms with Crippen LogP contribution in [0.3, 0.4) is 0 Å². The highest BCUT2D eigenvalue weighted by Crippen LogP contribution is 2.26. The molecule has 0 amide bonds. The molecule has 1 aliphatic rings. The third-order valence-electron chi connectivity index (χ3n) is 3.48. The fraction of sp³-hybridized carbons (Fsp3) is 1.00. The average Bonchev–Trinajstić information content (AvgIpc) is 2.19. The molecule has 0 bridgehead atoms. The molecule has 3 heteroatoms. The van der Waals surface area contributed by atoms with Crippen LogP contribution in [0.1, 0.15) is 27.2 Å². The van der Waals surface area contributed by atoms with Gasteiger partial charge in [-0.15, -0.1) is 0 Å². The molecule has 3 atom stereocenters. The molecule has 1 heterocycles. The molecular formula is C12H25NOS. The molecule has 1 aliphatic heterocycles. The molecule has 0 radical (unpaired) electrons. The summed E-state index contributed by atoms with van der Waals surface area (Å²) in [4.78, 5) is 2.57. The van der Waals surface area contributed by atoms with Crippen LogP contribution in [0.4, 0.5) is 0 Å². The lowest BCUT2D eigenvalue weighted by Gasteiger charge is -2.41. The van der Waals surface area contributed by atoms with E-state index < -0.39 is 0 Å². The van der Waals surface area contributed by atoms with Gasteiger partial charge in [0.2, 0.25) is 0 Å². The topological polar surface area (TPSA) is 12.5 Å². The van der Waals surface area contributed by atoms with Crippen molar-refractivity contribution >= 4 is 12.6 Å². The molecule has 1 saturated heterocycles. The number of ether oxygens (including phenoxy) is 1. The largest absolute Gasteiger partial charge is 0.379 e. The highest BCUT2D eigenvalue weighted by Gasteiger charge is 2.27. The zero-order valence-corrected chi connectivity index (χ0v) is 11.2. The van der Waals surface area contributed by atoms with E-state index in [2.05, 4.69) is 38.3 Å². The molecule has 90 valence electrons. The van der Waals surface area contributed by atoms with Gasteiger partial charge in [-0.2, -0.15) is 12.6 Å². The van der Waals surface area contributed by atoms with Gasteiger partial charge in [0.05, 0.1) is 13.2 Å². The van der Waals surface area contributed by atoms with Gasteiger partial charge >= 0.3 is 0 Å². The second kappa shape index (κ2) is 6.77. The molecule has 0 N–H and O–H groups in total. The number of rotatable bonds is 5. The van der Waals surface area contributed by atoms with Crippen LogP contribution in [-0.2, 0) is 4.74 Å². The summed E-state index contributed by atoms with van der Waals surface area (Å²) in [7, 11) is 0. The predicted molar refractivity (Wildman–Crippen MR) is 68.7 cm³/mol. The lowest BCUT2D eigenvalue weighted by molar-refractivity contribution is 0.0437. The third kappa shape index (κ3) is 4.33. The van der Waals surface area contributed by atoms with E-state index in [-0.39, 0.29) is 0 Å². The number of hydrogen-bond donors (Lipinski definition) is 1. The van der Waals surface area contributed by atoms with Gasteiger partial charge in [-0.05, 0) is 25.2 Å². The summed E-state index contributed by atoms with van der Waals surface area (Å²) in [5.74, 6) is 2.47. The van der Waals surface area contributed by atoms with Gasteiger partial charge in [-0.25, -0.2) is 0 Å². The van der Waals surface area contributed by atoms with Crippen LogP contribution in [0.2, 0.25) is 0 Å². The van der Waals surface area contributed by atoms with E-state index in [9.17, 15) is 0 Å². The number of piperidine rings is 1. The maximum atomic E-state index is 5.49. The summed E-state index contributed by atoms with van der Waals surface area (Å²) in [6.45, 7) is 11.0. The van der Waals surface area contributed by atoms with Gasteiger partial charge in [0.1, 0.15) is 0 Å². The summed E-state index contributed by atoms with van der Waals surface area (Å²) in [6, 6.07) is 0.709. The van der Waals surface area contributed by atoms with Gasteiger partial charge in [0.25, 0.3) is 0 Å². The minimum atomic E-state index is 0.709. The van der Waals surface area contributed by atoms with Crippen molar-refractivity contribution in [1.29, 1.82) is 0 Å². The van der Waals surface area contributed by atoms with Crippen LogP contribution in [0.25, 0.3) is 0 Å². The Morgan fingerprint density at radius 1 is 1.27 bits per heavy atom. The van der Waals surface area contributed by atoms with Crippen LogP contribution < -0.4 is 0 Å². The maximum absolute atomic E-state index is 5.49. The Kier molecular flexibility index (Phi) is 6.02. The minimum absolute atomic E-state index is 0.709. The molecule has 0 spiro atoms. The first-order valence-corrected chi connectivity index (χ1v) is 6.71. The molecule has 0 aromatic carbocycles. The fourth-order valence-corrected chi connectivity index (χ4v) is 2.61. The van der Waals surface area contributed by atoms with Gasteiger partial charge in [0.15, 0.2) is 0 Å². The normalized spacial score (nSPS) is 33.2. The molecule has 1 rings (SSSR count). The first-order chi connectivity index (χ1) is 7.15. The zero-order chi connectivity index (χ0) is 11.3. The molecule has 0 aromatic rings. The summed E-state index contributed by atoms with van der Waals surface area (Å²) >= 11 is 4.13. The highest BCUT2D eigenvalue weighted by molar-refractivity contribution is 7.80. The molecule has 0 aliphatic carbocycles. The van der Waals surface area contributed by atoms with Gasteiger partial charge < -0.3 is 4.74 Å². The van der Waals surface area contributed by atoms with E-state index in [1.54, 1.807) is 0 Å². The SMILES string of the molecule is CC1CC(C)C(C)N(CCOCCS)C1. The van der Waals surface area contributed by atoms with Crippen LogP contribution in [-0.4, -0.2) is 43.0 Å². The predicted octanol–water partition coefficient (Wildman–Crippen LogP) is 2.30. The van der Waals surface area contributed by atoms with Crippen LogP contribution in [0.5, 0.6) is 0 Å². The Balaban J connectivity index is 2.26. The van der Waals surface area contributed by atoms with Gasteiger partial charge in [-0.1, -0.05) is 13.8 Å². The Hall–Kier alpha value is 0.270. The monoisotopic (exact) mass is 231 g/mol. The van der Waals surface area contributed by atoms with Crippen LogP contribution in [0.15, 0.2) is 0 Å². The lowest BCUT2D eigenvalue weighted by Crippen LogP contribution is -2.47. The Labute approximate surface area is 99.8 Å². The van der Waals surface area contributed by atoms with E-state index in [4.69, 9.17) is 4.74 Å². The standard InChI is InChI=1S/C12H25NOS/c1-10-8-11(2)12(3)13(9-10)4-5-14-6-7-15/h10-12,15H,4-9H2,1-3H3. The summed E-state index contributed by atoms with van der Waals surface area (Å²) in [5, 5.41) is 0. The van der Waals surface area contributed by atoms with Gasteiger partial charge in [0, 0.05) is 24.9 Å². The van der Waals surface area contributed by atoms with Gasteiger partial charge in [-0.3, -0.25) is 4.90 Å². The van der Waals surface area contributed by atoms with Crippen molar-refractivity contribution in [3.63, 3.8) is 0 Å². The van der Waals surface area contributed by atoms with E-state index in [0.717, 1.165) is 37.3 Å². The average molecular weight is 231 g/mol. The van der Waals surface area contributed by atoms with E-state index in [0.29, 0.717) is 6.04 Å². The molecule has 3 unspecified atom stereocenters. The first-order valence-electron chi connectivity index (χ1n) is 6.07. The summed E-state index contributed by atoms with van der Waals surface area (Å²) < 4.78 is 5.49. The zero-order valence-electron chi connectivity index (χ0n) is 10.3. The highest BCUT2D eigenvalue weighted by atomic mass is 32.1. The number of nitrogens with zero attached hydrogens (tertiary/aromatic N) is 1. The van der Waals surface area contributed by atoms with Crippen molar-refractivity contribution in [2.75, 3.05) is 32.1 Å². The quantitative estimate of drug-likeness (QED) is 0.576. The maximum Gasteiger partial charge on any atom is 0.0593 e. The first kappa shape index (κ1) is 13.3. The Morgan fingerprint density at radius 2 is 2.00 bits per heavy atom. The molecule has 2 nitrogen and oxygen atoms in total. The van der Waals surface area contributed by atoms with Crippen molar-refractivity contribution in [2.45, 2.75) is 33.2 Å². The van der Waals surface area contributed by atoms with Crippen molar-refractivity contribution < 1.29 is 4.74 Å².